The van der Waals surface area contributed by atoms with E-state index in [1.54, 1.807) is 20.3 Å². The molecule has 5 nitrogen and oxygen atoms in total. The Morgan fingerprint density at radius 3 is 2.75 bits per heavy atom. The van der Waals surface area contributed by atoms with E-state index in [-0.39, 0.29) is 11.9 Å². The number of benzene rings is 1. The first-order valence-electron chi connectivity index (χ1n) is 8.53. The maximum Gasteiger partial charge on any atom is 0.330 e. The number of carbonyl (C=O) groups excluding carboxylic acids is 1. The highest BCUT2D eigenvalue weighted by Gasteiger charge is 2.35. The predicted octanol–water partition coefficient (Wildman–Crippen LogP) is 2.93. The van der Waals surface area contributed by atoms with E-state index in [4.69, 9.17) is 14.2 Å². The van der Waals surface area contributed by atoms with Crippen LogP contribution in [0.2, 0.25) is 0 Å². The van der Waals surface area contributed by atoms with E-state index >= 15 is 0 Å². The van der Waals surface area contributed by atoms with Crippen molar-refractivity contribution in [3.8, 4) is 11.5 Å². The van der Waals surface area contributed by atoms with Crippen LogP contribution in [0.3, 0.4) is 0 Å². The summed E-state index contributed by atoms with van der Waals surface area (Å²) in [5.41, 5.74) is 3.57. The van der Waals surface area contributed by atoms with Crippen LogP contribution < -0.4 is 14.8 Å². The minimum atomic E-state index is -0.249. The van der Waals surface area contributed by atoms with E-state index in [0.29, 0.717) is 12.6 Å². The van der Waals surface area contributed by atoms with Gasteiger partial charge in [0.2, 0.25) is 0 Å². The summed E-state index contributed by atoms with van der Waals surface area (Å²) >= 11 is 0. The van der Waals surface area contributed by atoms with Crippen LogP contribution in [0, 0.1) is 0 Å². The normalized spacial score (nSPS) is 24.0. The largest absolute Gasteiger partial charge is 0.493 e. The van der Waals surface area contributed by atoms with Gasteiger partial charge >= 0.3 is 5.97 Å². The van der Waals surface area contributed by atoms with E-state index in [9.17, 15) is 4.79 Å². The maximum atomic E-state index is 12.0. The van der Waals surface area contributed by atoms with Crippen molar-refractivity contribution in [2.45, 2.75) is 44.7 Å². The van der Waals surface area contributed by atoms with Gasteiger partial charge in [-0.15, -0.1) is 0 Å². The number of fused-ring (bicyclic) bond motifs is 3. The number of esters is 1. The molecule has 0 saturated heterocycles. The highest BCUT2D eigenvalue weighted by Crippen LogP contribution is 2.44. The molecule has 0 spiro atoms. The number of rotatable bonds is 4. The summed E-state index contributed by atoms with van der Waals surface area (Å²) in [6, 6.07) is 4.45. The molecule has 130 valence electrons. The summed E-state index contributed by atoms with van der Waals surface area (Å²) in [6.45, 7) is 3.04. The number of methoxy groups -OCH3 is 2. The number of hydrogen-bond acceptors (Lipinski definition) is 5. The van der Waals surface area contributed by atoms with Crippen LogP contribution in [-0.2, 0) is 16.1 Å². The van der Waals surface area contributed by atoms with Gasteiger partial charge < -0.3 is 19.5 Å². The van der Waals surface area contributed by atoms with Gasteiger partial charge in [0, 0.05) is 24.6 Å². The lowest BCUT2D eigenvalue weighted by Crippen LogP contribution is -2.42. The molecule has 1 aliphatic carbocycles. The molecule has 3 rings (SSSR count). The molecule has 1 aromatic carbocycles. The number of carbonyl (C=O) groups is 1. The number of ether oxygens (including phenoxy) is 3. The fourth-order valence-electron chi connectivity index (χ4n) is 3.86. The smallest absolute Gasteiger partial charge is 0.330 e. The van der Waals surface area contributed by atoms with Gasteiger partial charge in [0.15, 0.2) is 11.5 Å². The van der Waals surface area contributed by atoms with Crippen molar-refractivity contribution in [3.05, 3.63) is 34.9 Å². The van der Waals surface area contributed by atoms with Gasteiger partial charge in [-0.1, -0.05) is 5.57 Å². The molecule has 2 atom stereocenters. The van der Waals surface area contributed by atoms with Crippen LogP contribution in [0.25, 0.3) is 0 Å². The zero-order valence-electron chi connectivity index (χ0n) is 14.6. The Morgan fingerprint density at radius 2 is 2.04 bits per heavy atom. The quantitative estimate of drug-likeness (QED) is 0.679. The Balaban J connectivity index is 2.02. The number of hydrogen-bond donors (Lipinski definition) is 1. The maximum absolute atomic E-state index is 12.0. The summed E-state index contributed by atoms with van der Waals surface area (Å²) in [5.74, 6) is 1.41. The summed E-state index contributed by atoms with van der Waals surface area (Å²) in [7, 11) is 3.30. The lowest BCUT2D eigenvalue weighted by molar-refractivity contribution is -0.137. The monoisotopic (exact) mass is 331 g/mol. The van der Waals surface area contributed by atoms with Crippen LogP contribution in [-0.4, -0.2) is 32.8 Å². The zero-order chi connectivity index (χ0) is 17.1. The summed E-state index contributed by atoms with van der Waals surface area (Å²) in [6.07, 6.45) is 4.81. The third kappa shape index (κ3) is 3.13. The average Bonchev–Trinajstić information content (AvgIpc) is 2.60. The van der Waals surface area contributed by atoms with Gasteiger partial charge in [0.1, 0.15) is 0 Å². The highest BCUT2D eigenvalue weighted by molar-refractivity contribution is 5.83. The van der Waals surface area contributed by atoms with Crippen molar-refractivity contribution in [3.63, 3.8) is 0 Å². The van der Waals surface area contributed by atoms with Crippen molar-refractivity contribution in [2.75, 3.05) is 20.8 Å². The van der Waals surface area contributed by atoms with Gasteiger partial charge in [-0.25, -0.2) is 4.79 Å². The van der Waals surface area contributed by atoms with Crippen LogP contribution in [0.5, 0.6) is 11.5 Å². The fraction of sp³-hybridized carbons (Fsp3) is 0.526. The van der Waals surface area contributed by atoms with Crippen molar-refractivity contribution >= 4 is 5.97 Å². The van der Waals surface area contributed by atoms with E-state index < -0.39 is 0 Å². The van der Waals surface area contributed by atoms with Crippen molar-refractivity contribution in [1.29, 1.82) is 0 Å². The minimum absolute atomic E-state index is 0.187. The molecule has 2 aliphatic rings. The molecule has 1 heterocycles. The molecule has 0 bridgehead atoms. The summed E-state index contributed by atoms with van der Waals surface area (Å²) < 4.78 is 16.0. The van der Waals surface area contributed by atoms with Crippen LogP contribution in [0.15, 0.2) is 23.8 Å². The second-order valence-electron chi connectivity index (χ2n) is 6.23. The first-order chi connectivity index (χ1) is 11.7. The average molecular weight is 331 g/mol. The second-order valence-corrected chi connectivity index (χ2v) is 6.23. The van der Waals surface area contributed by atoms with E-state index in [1.807, 2.05) is 13.0 Å². The van der Waals surface area contributed by atoms with Gasteiger partial charge in [-0.05, 0) is 49.4 Å². The molecule has 0 aromatic heterocycles. The summed E-state index contributed by atoms with van der Waals surface area (Å²) in [4.78, 5) is 12.0. The van der Waals surface area contributed by atoms with E-state index in [1.165, 1.54) is 11.1 Å². The molecule has 2 unspecified atom stereocenters. The molecule has 1 aromatic rings. The molecule has 1 aliphatic heterocycles. The standard InChI is InChI=1S/C19H25NO4/c1-4-24-18(21)9-12-6-5-7-15-19(12)14-10-17(23-3)16(22-2)8-13(14)11-20-15/h8-10,15,19-20H,4-7,11H2,1-3H3. The van der Waals surface area contributed by atoms with Crippen molar-refractivity contribution in [2.24, 2.45) is 0 Å². The van der Waals surface area contributed by atoms with Crippen LogP contribution >= 0.6 is 0 Å². The molecule has 1 saturated carbocycles. The Hall–Kier alpha value is -2.01. The van der Waals surface area contributed by atoms with Crippen molar-refractivity contribution in [1.82, 2.24) is 5.32 Å². The van der Waals surface area contributed by atoms with Crippen LogP contribution in [0.1, 0.15) is 43.2 Å². The van der Waals surface area contributed by atoms with Gasteiger partial charge in [0.05, 0.1) is 20.8 Å². The predicted molar refractivity (Wildman–Crippen MR) is 91.5 cm³/mol. The third-order valence-electron chi connectivity index (χ3n) is 4.91. The SMILES string of the molecule is CCOC(=O)C=C1CCCC2NCc3cc(OC)c(OC)cc3C12. The Bertz CT molecular complexity index is 653. The van der Waals surface area contributed by atoms with Crippen LogP contribution in [0.4, 0.5) is 0 Å². The lowest BCUT2D eigenvalue weighted by atomic mass is 9.72. The molecule has 24 heavy (non-hydrogen) atoms. The topological polar surface area (TPSA) is 56.8 Å². The Labute approximate surface area is 143 Å². The molecule has 5 heteroatoms. The lowest BCUT2D eigenvalue weighted by Gasteiger charge is -2.40. The summed E-state index contributed by atoms with van der Waals surface area (Å²) in [5, 5.41) is 3.61. The Morgan fingerprint density at radius 1 is 1.29 bits per heavy atom. The highest BCUT2D eigenvalue weighted by atomic mass is 16.5. The first-order valence-corrected chi connectivity index (χ1v) is 8.53. The molecule has 1 fully saturated rings. The number of nitrogens with one attached hydrogen (secondary N) is 1. The minimum Gasteiger partial charge on any atom is -0.493 e. The van der Waals surface area contributed by atoms with E-state index in [2.05, 4.69) is 11.4 Å². The molecule has 0 radical (unpaired) electrons. The van der Waals surface area contributed by atoms with E-state index in [0.717, 1.165) is 42.9 Å². The third-order valence-corrected chi connectivity index (χ3v) is 4.91. The van der Waals surface area contributed by atoms with Gasteiger partial charge in [0.25, 0.3) is 0 Å². The second kappa shape index (κ2) is 7.26. The van der Waals surface area contributed by atoms with Crippen molar-refractivity contribution < 1.29 is 19.0 Å². The molecule has 0 amide bonds. The van der Waals surface area contributed by atoms with Gasteiger partial charge in [-0.3, -0.25) is 0 Å². The molecule has 1 N–H and O–H groups in total. The molecular formula is C19H25NO4. The zero-order valence-corrected chi connectivity index (χ0v) is 14.6. The first kappa shape index (κ1) is 16.8. The molecular weight excluding hydrogens is 306 g/mol. The van der Waals surface area contributed by atoms with Gasteiger partial charge in [-0.2, -0.15) is 0 Å². The fourth-order valence-corrected chi connectivity index (χ4v) is 3.86. The Kier molecular flexibility index (Phi) is 5.09.